The first-order chi connectivity index (χ1) is 12.1. The van der Waals surface area contributed by atoms with Crippen LogP contribution in [0, 0.1) is 0 Å². The molecule has 0 aliphatic carbocycles. The van der Waals surface area contributed by atoms with Gasteiger partial charge in [-0.2, -0.15) is 0 Å². The van der Waals surface area contributed by atoms with Crippen LogP contribution in [-0.2, 0) is 33.3 Å². The lowest BCUT2D eigenvalue weighted by Gasteiger charge is -2.25. The number of hydrogen-bond acceptors (Lipinski definition) is 8. The highest BCUT2D eigenvalue weighted by Gasteiger charge is 2.28. The van der Waals surface area contributed by atoms with Gasteiger partial charge in [0.1, 0.15) is 11.6 Å². The maximum absolute atomic E-state index is 12.0. The van der Waals surface area contributed by atoms with E-state index in [1.165, 1.54) is 27.4 Å². The van der Waals surface area contributed by atoms with E-state index in [4.69, 9.17) is 18.9 Å². The Labute approximate surface area is 152 Å². The van der Waals surface area contributed by atoms with Crippen LogP contribution in [0.25, 0.3) is 0 Å². The molecule has 0 aromatic heterocycles. The Morgan fingerprint density at radius 3 is 2.35 bits per heavy atom. The molecule has 0 saturated heterocycles. The Hall–Kier alpha value is -2.55. The topological polar surface area (TPSA) is 109 Å². The standard InChI is InChI=1S/C17H25NO8/c1-17(2,3)26-16(21)18-11(14(19)23-5)7-10-8-12(15(20)24-6)25-13(9-10)22-4/h8-9,11,13H,7H2,1-6H3,(H,18,21)/t11-,13?/m0/s1. The van der Waals surface area contributed by atoms with Crippen LogP contribution in [0.15, 0.2) is 23.5 Å². The normalized spacial score (nSPS) is 17.8. The van der Waals surface area contributed by atoms with Crippen molar-refractivity contribution in [2.45, 2.75) is 45.1 Å². The molecule has 0 radical (unpaired) electrons. The summed E-state index contributed by atoms with van der Waals surface area (Å²) >= 11 is 0. The van der Waals surface area contributed by atoms with Crippen LogP contribution in [-0.4, -0.2) is 57.3 Å². The summed E-state index contributed by atoms with van der Waals surface area (Å²) in [7, 11) is 3.82. The van der Waals surface area contributed by atoms with Crippen molar-refractivity contribution in [1.29, 1.82) is 0 Å². The zero-order valence-electron chi connectivity index (χ0n) is 15.8. The first kappa shape index (κ1) is 21.5. The molecule has 1 heterocycles. The van der Waals surface area contributed by atoms with Gasteiger partial charge in [0.25, 0.3) is 0 Å². The number of ether oxygens (including phenoxy) is 5. The molecule has 1 aliphatic rings. The molecule has 0 aromatic carbocycles. The Balaban J connectivity index is 2.96. The minimum absolute atomic E-state index is 0.0373. The van der Waals surface area contributed by atoms with Crippen LogP contribution in [0.2, 0.25) is 0 Å². The summed E-state index contributed by atoms with van der Waals surface area (Å²) in [6.07, 6.45) is 1.42. The zero-order chi connectivity index (χ0) is 19.9. The molecule has 9 nitrogen and oxygen atoms in total. The van der Waals surface area contributed by atoms with Gasteiger partial charge in [0.2, 0.25) is 12.0 Å². The summed E-state index contributed by atoms with van der Waals surface area (Å²) in [5, 5.41) is 2.46. The number of carbonyl (C=O) groups excluding carboxylic acids is 3. The first-order valence-corrected chi connectivity index (χ1v) is 7.87. The SMILES string of the molecule is COC(=O)C1=CC(C[C@H](NC(=O)OC(C)(C)C)C(=O)OC)=CC(OC)O1. The number of nitrogens with one attached hydrogen (secondary N) is 1. The van der Waals surface area contributed by atoms with Gasteiger partial charge in [0.05, 0.1) is 14.2 Å². The third-order valence-electron chi connectivity index (χ3n) is 3.15. The lowest BCUT2D eigenvalue weighted by atomic mass is 10.0. The molecule has 1 N–H and O–H groups in total. The van der Waals surface area contributed by atoms with Gasteiger partial charge >= 0.3 is 18.0 Å². The van der Waals surface area contributed by atoms with Gasteiger partial charge in [-0.3, -0.25) is 0 Å². The predicted octanol–water partition coefficient (Wildman–Crippen LogP) is 1.43. The fourth-order valence-corrected chi connectivity index (χ4v) is 2.06. The Kier molecular flexibility index (Phi) is 7.63. The molecular weight excluding hydrogens is 346 g/mol. The molecule has 9 heteroatoms. The number of esters is 2. The van der Waals surface area contributed by atoms with Crippen LogP contribution in [0.5, 0.6) is 0 Å². The smallest absolute Gasteiger partial charge is 0.408 e. The Morgan fingerprint density at radius 1 is 1.19 bits per heavy atom. The van der Waals surface area contributed by atoms with Crippen LogP contribution in [0.3, 0.4) is 0 Å². The van der Waals surface area contributed by atoms with Gasteiger partial charge in [-0.25, -0.2) is 14.4 Å². The second-order valence-electron chi connectivity index (χ2n) is 6.39. The average Bonchev–Trinajstić information content (AvgIpc) is 2.57. The quantitative estimate of drug-likeness (QED) is 0.552. The van der Waals surface area contributed by atoms with Crippen molar-refractivity contribution in [3.8, 4) is 0 Å². The number of carbonyl (C=O) groups is 3. The summed E-state index contributed by atoms with van der Waals surface area (Å²) in [4.78, 5) is 35.7. The van der Waals surface area contributed by atoms with E-state index in [9.17, 15) is 14.4 Å². The largest absolute Gasteiger partial charge is 0.467 e. The fourth-order valence-electron chi connectivity index (χ4n) is 2.06. The minimum Gasteiger partial charge on any atom is -0.467 e. The van der Waals surface area contributed by atoms with Crippen LogP contribution in [0.4, 0.5) is 4.79 Å². The van der Waals surface area contributed by atoms with E-state index in [0.29, 0.717) is 5.57 Å². The van der Waals surface area contributed by atoms with Gasteiger partial charge in [-0.15, -0.1) is 0 Å². The summed E-state index contributed by atoms with van der Waals surface area (Å²) in [5.74, 6) is -1.42. The van der Waals surface area contributed by atoms with E-state index in [2.05, 4.69) is 10.1 Å². The fraction of sp³-hybridized carbons (Fsp3) is 0.588. The molecule has 146 valence electrons. The van der Waals surface area contributed by atoms with E-state index >= 15 is 0 Å². The third kappa shape index (κ3) is 6.75. The van der Waals surface area contributed by atoms with Crippen molar-refractivity contribution < 1.29 is 38.1 Å². The summed E-state index contributed by atoms with van der Waals surface area (Å²) in [6, 6.07) is -1.02. The van der Waals surface area contributed by atoms with Gasteiger partial charge in [0.15, 0.2) is 0 Å². The Morgan fingerprint density at radius 2 is 1.85 bits per heavy atom. The van der Waals surface area contributed by atoms with E-state index in [0.717, 1.165) is 0 Å². The van der Waals surface area contributed by atoms with E-state index < -0.39 is 36.0 Å². The molecule has 0 saturated carbocycles. The summed E-state index contributed by atoms with van der Waals surface area (Å²) in [5.41, 5.74) is -0.197. The number of amides is 1. The number of methoxy groups -OCH3 is 3. The van der Waals surface area contributed by atoms with Crippen LogP contribution < -0.4 is 5.32 Å². The lowest BCUT2D eigenvalue weighted by molar-refractivity contribution is -0.146. The second kappa shape index (κ2) is 9.23. The molecule has 26 heavy (non-hydrogen) atoms. The van der Waals surface area contributed by atoms with Crippen molar-refractivity contribution in [3.05, 3.63) is 23.5 Å². The van der Waals surface area contributed by atoms with Gasteiger partial charge in [-0.05, 0) is 38.5 Å². The summed E-state index contributed by atoms with van der Waals surface area (Å²) in [6.45, 7) is 5.11. The van der Waals surface area contributed by atoms with Crippen LogP contribution >= 0.6 is 0 Å². The highest BCUT2D eigenvalue weighted by atomic mass is 16.7. The summed E-state index contributed by atoms with van der Waals surface area (Å²) < 4.78 is 24.9. The van der Waals surface area contributed by atoms with E-state index in [1.807, 2.05) is 0 Å². The molecule has 0 spiro atoms. The van der Waals surface area contributed by atoms with Crippen molar-refractivity contribution in [2.75, 3.05) is 21.3 Å². The second-order valence-corrected chi connectivity index (χ2v) is 6.39. The molecule has 1 rings (SSSR count). The highest BCUT2D eigenvalue weighted by Crippen LogP contribution is 2.22. The van der Waals surface area contributed by atoms with Crippen molar-refractivity contribution >= 4 is 18.0 Å². The molecule has 1 aliphatic heterocycles. The highest BCUT2D eigenvalue weighted by molar-refractivity contribution is 5.87. The molecule has 0 fully saturated rings. The van der Waals surface area contributed by atoms with Crippen molar-refractivity contribution in [3.63, 3.8) is 0 Å². The van der Waals surface area contributed by atoms with Gasteiger partial charge in [-0.1, -0.05) is 0 Å². The third-order valence-corrected chi connectivity index (χ3v) is 3.15. The number of allylic oxidation sites excluding steroid dienone is 1. The lowest BCUT2D eigenvalue weighted by Crippen LogP contribution is -2.44. The van der Waals surface area contributed by atoms with E-state index in [1.54, 1.807) is 26.8 Å². The molecular formula is C17H25NO8. The average molecular weight is 371 g/mol. The van der Waals surface area contributed by atoms with Gasteiger partial charge in [0, 0.05) is 13.5 Å². The maximum Gasteiger partial charge on any atom is 0.408 e. The first-order valence-electron chi connectivity index (χ1n) is 7.87. The zero-order valence-corrected chi connectivity index (χ0v) is 15.8. The van der Waals surface area contributed by atoms with E-state index in [-0.39, 0.29) is 12.2 Å². The molecule has 1 amide bonds. The maximum atomic E-state index is 12.0. The number of hydrogen-bond donors (Lipinski definition) is 1. The Bertz CT molecular complexity index is 602. The molecule has 1 unspecified atom stereocenters. The van der Waals surface area contributed by atoms with Crippen molar-refractivity contribution in [1.82, 2.24) is 5.32 Å². The predicted molar refractivity (Wildman–Crippen MR) is 89.9 cm³/mol. The monoisotopic (exact) mass is 371 g/mol. The van der Waals surface area contributed by atoms with Crippen LogP contribution in [0.1, 0.15) is 27.2 Å². The molecule has 0 aromatic rings. The van der Waals surface area contributed by atoms with Gasteiger partial charge < -0.3 is 29.0 Å². The number of rotatable bonds is 6. The number of alkyl carbamates (subject to hydrolysis) is 1. The molecule has 0 bridgehead atoms. The molecule has 2 atom stereocenters. The minimum atomic E-state index is -1.02. The van der Waals surface area contributed by atoms with Crippen molar-refractivity contribution in [2.24, 2.45) is 0 Å².